The molecule has 2 atom stereocenters. The van der Waals surface area contributed by atoms with E-state index in [1.165, 1.54) is 4.90 Å². The third kappa shape index (κ3) is 3.69. The quantitative estimate of drug-likeness (QED) is 0.790. The number of carbonyl (C=O) groups excluding carboxylic acids is 3. The highest BCUT2D eigenvalue weighted by molar-refractivity contribution is 6.21. The number of anilines is 1. The van der Waals surface area contributed by atoms with E-state index >= 15 is 0 Å². The van der Waals surface area contributed by atoms with E-state index < -0.39 is 0 Å². The number of carbonyl (C=O) groups is 3. The molecular weight excluding hydrogens is 364 g/mol. The molecule has 0 radical (unpaired) electrons. The van der Waals surface area contributed by atoms with E-state index in [2.05, 4.69) is 5.32 Å². The maximum atomic E-state index is 13.1. The molecule has 150 valence electrons. The fraction of sp³-hybridized carbons (Fsp3) is 0.375. The summed E-state index contributed by atoms with van der Waals surface area (Å²) in [5, 5.41) is 3.07. The molecule has 0 aromatic heterocycles. The van der Waals surface area contributed by atoms with Crippen LogP contribution in [0.4, 0.5) is 5.69 Å². The molecule has 0 spiro atoms. The van der Waals surface area contributed by atoms with Crippen LogP contribution in [0.2, 0.25) is 0 Å². The van der Waals surface area contributed by atoms with Crippen LogP contribution in [-0.2, 0) is 4.79 Å². The summed E-state index contributed by atoms with van der Waals surface area (Å²) in [6.45, 7) is 4.31. The van der Waals surface area contributed by atoms with Crippen molar-refractivity contribution >= 4 is 23.4 Å². The second-order valence-electron chi connectivity index (χ2n) is 8.23. The summed E-state index contributed by atoms with van der Waals surface area (Å²) < 4.78 is 0. The van der Waals surface area contributed by atoms with Crippen LogP contribution in [0.15, 0.2) is 42.5 Å². The van der Waals surface area contributed by atoms with Crippen molar-refractivity contribution in [2.45, 2.75) is 39.5 Å². The number of aryl methyl sites for hydroxylation is 2. The normalized spacial score (nSPS) is 21.2. The molecule has 1 fully saturated rings. The summed E-state index contributed by atoms with van der Waals surface area (Å²) in [6, 6.07) is 12.9. The molecule has 3 amide bonds. The van der Waals surface area contributed by atoms with Crippen molar-refractivity contribution in [2.24, 2.45) is 11.8 Å². The van der Waals surface area contributed by atoms with Gasteiger partial charge in [0.25, 0.3) is 11.8 Å². The molecule has 29 heavy (non-hydrogen) atoms. The summed E-state index contributed by atoms with van der Waals surface area (Å²) in [7, 11) is 0. The maximum Gasteiger partial charge on any atom is 0.261 e. The van der Waals surface area contributed by atoms with Crippen molar-refractivity contribution < 1.29 is 14.4 Å². The number of nitrogens with one attached hydrogen (secondary N) is 1. The Morgan fingerprint density at radius 1 is 1.00 bits per heavy atom. The molecule has 1 aliphatic heterocycles. The fourth-order valence-corrected chi connectivity index (χ4v) is 4.59. The Kier molecular flexibility index (Phi) is 5.22. The average Bonchev–Trinajstić information content (AvgIpc) is 2.96. The van der Waals surface area contributed by atoms with E-state index in [-0.39, 0.29) is 29.6 Å². The highest BCUT2D eigenvalue weighted by atomic mass is 16.2. The van der Waals surface area contributed by atoms with Gasteiger partial charge in [0.05, 0.1) is 11.1 Å². The van der Waals surface area contributed by atoms with Crippen molar-refractivity contribution in [2.75, 3.05) is 11.9 Å². The van der Waals surface area contributed by atoms with Crippen molar-refractivity contribution in [3.63, 3.8) is 0 Å². The minimum Gasteiger partial charge on any atom is -0.326 e. The number of rotatable bonds is 4. The van der Waals surface area contributed by atoms with Crippen LogP contribution in [0.1, 0.15) is 57.5 Å². The lowest BCUT2D eigenvalue weighted by Crippen LogP contribution is -2.41. The molecule has 1 N–H and O–H groups in total. The monoisotopic (exact) mass is 390 g/mol. The second kappa shape index (κ2) is 7.82. The molecule has 5 heteroatoms. The third-order valence-corrected chi connectivity index (χ3v) is 6.18. The Morgan fingerprint density at radius 3 is 2.31 bits per heavy atom. The van der Waals surface area contributed by atoms with Crippen LogP contribution < -0.4 is 5.32 Å². The van der Waals surface area contributed by atoms with Gasteiger partial charge in [-0.05, 0) is 56.4 Å². The first kappa shape index (κ1) is 19.4. The van der Waals surface area contributed by atoms with E-state index in [1.807, 2.05) is 32.0 Å². The minimum atomic E-state index is -0.246. The Labute approximate surface area is 171 Å². The van der Waals surface area contributed by atoms with Crippen LogP contribution in [0, 0.1) is 25.7 Å². The topological polar surface area (TPSA) is 66.5 Å². The van der Waals surface area contributed by atoms with Crippen molar-refractivity contribution in [3.05, 3.63) is 64.7 Å². The van der Waals surface area contributed by atoms with E-state index in [4.69, 9.17) is 0 Å². The first-order valence-electron chi connectivity index (χ1n) is 10.3. The van der Waals surface area contributed by atoms with Crippen molar-refractivity contribution in [3.8, 4) is 0 Å². The maximum absolute atomic E-state index is 13.1. The fourth-order valence-electron chi connectivity index (χ4n) is 4.59. The molecular formula is C24H26N2O3. The summed E-state index contributed by atoms with van der Waals surface area (Å²) in [5.74, 6) is -0.724. The van der Waals surface area contributed by atoms with Gasteiger partial charge in [-0.2, -0.15) is 0 Å². The Bertz CT molecular complexity index is 947. The Hall–Kier alpha value is -2.95. The number of nitrogens with zero attached hydrogens (tertiary/aromatic N) is 1. The van der Waals surface area contributed by atoms with E-state index in [0.717, 1.165) is 42.5 Å². The first-order chi connectivity index (χ1) is 14.0. The average molecular weight is 390 g/mol. The van der Waals surface area contributed by atoms with Gasteiger partial charge in [-0.15, -0.1) is 0 Å². The predicted octanol–water partition coefficient (Wildman–Crippen LogP) is 4.34. The van der Waals surface area contributed by atoms with Gasteiger partial charge in [-0.25, -0.2) is 0 Å². The van der Waals surface area contributed by atoms with Crippen LogP contribution in [0.5, 0.6) is 0 Å². The molecule has 1 aliphatic carbocycles. The smallest absolute Gasteiger partial charge is 0.261 e. The summed E-state index contributed by atoms with van der Waals surface area (Å²) in [5.41, 5.74) is 3.94. The van der Waals surface area contributed by atoms with Gasteiger partial charge >= 0.3 is 0 Å². The van der Waals surface area contributed by atoms with Gasteiger partial charge in [-0.1, -0.05) is 42.7 Å². The third-order valence-electron chi connectivity index (χ3n) is 6.18. The van der Waals surface area contributed by atoms with Gasteiger partial charge in [-0.3, -0.25) is 19.3 Å². The molecule has 2 aromatic carbocycles. The molecule has 1 heterocycles. The molecule has 1 saturated carbocycles. The van der Waals surface area contributed by atoms with Gasteiger partial charge < -0.3 is 5.32 Å². The van der Waals surface area contributed by atoms with Crippen LogP contribution in [-0.4, -0.2) is 29.2 Å². The number of imide groups is 1. The number of hydrogen-bond acceptors (Lipinski definition) is 3. The number of amides is 3. The molecule has 2 unspecified atom stereocenters. The molecule has 0 saturated heterocycles. The van der Waals surface area contributed by atoms with Crippen LogP contribution in [0.3, 0.4) is 0 Å². The Morgan fingerprint density at radius 2 is 1.66 bits per heavy atom. The van der Waals surface area contributed by atoms with E-state index in [9.17, 15) is 14.4 Å². The molecule has 5 nitrogen and oxygen atoms in total. The SMILES string of the molecule is Cc1ccc(NC(=O)C2CCCCC2CN2C(=O)c3ccccc3C2=O)c(C)c1. The number of hydrogen-bond donors (Lipinski definition) is 1. The number of fused-ring (bicyclic) bond motifs is 1. The number of benzene rings is 2. The lowest BCUT2D eigenvalue weighted by molar-refractivity contribution is -0.122. The highest BCUT2D eigenvalue weighted by Crippen LogP contribution is 2.34. The Balaban J connectivity index is 1.50. The van der Waals surface area contributed by atoms with Crippen LogP contribution in [0.25, 0.3) is 0 Å². The highest BCUT2D eigenvalue weighted by Gasteiger charge is 2.40. The van der Waals surface area contributed by atoms with E-state index in [0.29, 0.717) is 17.7 Å². The summed E-state index contributed by atoms with van der Waals surface area (Å²) in [6.07, 6.45) is 3.63. The van der Waals surface area contributed by atoms with Crippen molar-refractivity contribution in [1.29, 1.82) is 0 Å². The second-order valence-corrected chi connectivity index (χ2v) is 8.23. The standard InChI is InChI=1S/C24H26N2O3/c1-15-11-12-21(16(2)13-15)25-22(27)18-8-4-3-7-17(18)14-26-23(28)19-9-5-6-10-20(19)24(26)29/h5-6,9-13,17-18H,3-4,7-8,14H2,1-2H3,(H,25,27). The zero-order chi connectivity index (χ0) is 20.5. The zero-order valence-electron chi connectivity index (χ0n) is 16.9. The van der Waals surface area contributed by atoms with Crippen LogP contribution >= 0.6 is 0 Å². The minimum absolute atomic E-state index is 0.0155. The van der Waals surface area contributed by atoms with Gasteiger partial charge in [0.1, 0.15) is 0 Å². The van der Waals surface area contributed by atoms with Gasteiger partial charge in [0.15, 0.2) is 0 Å². The largest absolute Gasteiger partial charge is 0.326 e. The lowest BCUT2D eigenvalue weighted by Gasteiger charge is -2.33. The summed E-state index contributed by atoms with van der Waals surface area (Å²) in [4.78, 5) is 39.9. The first-order valence-corrected chi connectivity index (χ1v) is 10.3. The molecule has 2 aromatic rings. The van der Waals surface area contributed by atoms with E-state index in [1.54, 1.807) is 24.3 Å². The van der Waals surface area contributed by atoms with Gasteiger partial charge in [0, 0.05) is 18.2 Å². The predicted molar refractivity (Wildman–Crippen MR) is 112 cm³/mol. The molecule has 2 aliphatic rings. The lowest BCUT2D eigenvalue weighted by atomic mass is 9.78. The molecule has 4 rings (SSSR count). The summed E-state index contributed by atoms with van der Waals surface area (Å²) >= 11 is 0. The zero-order valence-corrected chi connectivity index (χ0v) is 16.9. The van der Waals surface area contributed by atoms with Gasteiger partial charge in [0.2, 0.25) is 5.91 Å². The van der Waals surface area contributed by atoms with Crippen molar-refractivity contribution in [1.82, 2.24) is 4.90 Å². The molecule has 0 bridgehead atoms.